The fraction of sp³-hybridized carbons (Fsp3) is 0.300. The number of esters is 1. The molecule has 7 heteroatoms. The number of thiazole rings is 1. The van der Waals surface area contributed by atoms with Crippen LogP contribution in [0.5, 0.6) is 0 Å². The lowest BCUT2D eigenvalue weighted by Gasteiger charge is -2.07. The highest BCUT2D eigenvalue weighted by Crippen LogP contribution is 2.40. The van der Waals surface area contributed by atoms with E-state index in [0.717, 1.165) is 50.5 Å². The molecule has 4 aromatic rings. The van der Waals surface area contributed by atoms with Crippen molar-refractivity contribution < 1.29 is 9.53 Å². The molecular weight excluding hydrogens is 360 g/mol. The van der Waals surface area contributed by atoms with Gasteiger partial charge in [-0.15, -0.1) is 11.3 Å². The summed E-state index contributed by atoms with van der Waals surface area (Å²) in [5, 5.41) is 6.00. The van der Waals surface area contributed by atoms with E-state index in [0.29, 0.717) is 11.5 Å². The molecule has 27 heavy (non-hydrogen) atoms. The number of carbonyl (C=O) groups is 1. The minimum Gasteiger partial charge on any atom is -0.455 e. The van der Waals surface area contributed by atoms with Crippen molar-refractivity contribution in [1.82, 2.24) is 19.7 Å². The summed E-state index contributed by atoms with van der Waals surface area (Å²) in [6.45, 7) is 2.06. The lowest BCUT2D eigenvalue weighted by atomic mass is 10.1. The van der Waals surface area contributed by atoms with Crippen LogP contribution in [0.3, 0.4) is 0 Å². The lowest BCUT2D eigenvalue weighted by Crippen LogP contribution is -2.08. The van der Waals surface area contributed by atoms with E-state index in [-0.39, 0.29) is 12.6 Å². The normalized spacial score (nSPS) is 14.1. The van der Waals surface area contributed by atoms with Crippen LogP contribution in [0.15, 0.2) is 30.3 Å². The maximum absolute atomic E-state index is 12.9. The average molecular weight is 378 g/mol. The molecular formula is C20H18N4O2S. The predicted octanol–water partition coefficient (Wildman–Crippen LogP) is 4.12. The third-order valence-corrected chi connectivity index (χ3v) is 5.88. The Bertz CT molecular complexity index is 1160. The van der Waals surface area contributed by atoms with Crippen LogP contribution >= 0.6 is 11.3 Å². The van der Waals surface area contributed by atoms with Crippen molar-refractivity contribution in [2.24, 2.45) is 7.05 Å². The molecule has 1 saturated carbocycles. The maximum atomic E-state index is 12.9. The molecule has 0 aliphatic heterocycles. The van der Waals surface area contributed by atoms with Crippen molar-refractivity contribution >= 4 is 38.6 Å². The Morgan fingerprint density at radius 1 is 1.30 bits per heavy atom. The number of hydrogen-bond acceptors (Lipinski definition) is 6. The first-order chi connectivity index (χ1) is 13.1. The average Bonchev–Trinajstić information content (AvgIpc) is 3.37. The third kappa shape index (κ3) is 2.88. The fourth-order valence-corrected chi connectivity index (χ4v) is 4.28. The van der Waals surface area contributed by atoms with Gasteiger partial charge in [0.25, 0.3) is 0 Å². The Labute approximate surface area is 159 Å². The van der Waals surface area contributed by atoms with E-state index in [9.17, 15) is 4.79 Å². The van der Waals surface area contributed by atoms with Crippen molar-refractivity contribution in [3.05, 3.63) is 52.3 Å². The molecule has 1 fully saturated rings. The molecule has 0 atom stereocenters. The molecule has 6 nitrogen and oxygen atoms in total. The van der Waals surface area contributed by atoms with Crippen LogP contribution < -0.4 is 0 Å². The van der Waals surface area contributed by atoms with Gasteiger partial charge in [0.2, 0.25) is 0 Å². The van der Waals surface area contributed by atoms with Gasteiger partial charge < -0.3 is 4.74 Å². The number of fused-ring (bicyclic) bond motifs is 2. The number of pyridine rings is 1. The predicted molar refractivity (Wildman–Crippen MR) is 104 cm³/mol. The molecule has 3 heterocycles. The van der Waals surface area contributed by atoms with Crippen molar-refractivity contribution in [2.45, 2.75) is 32.3 Å². The summed E-state index contributed by atoms with van der Waals surface area (Å²) in [7, 11) is 1.86. The van der Waals surface area contributed by atoms with Crippen LogP contribution in [0.4, 0.5) is 0 Å². The summed E-state index contributed by atoms with van der Waals surface area (Å²) >= 11 is 1.55. The molecule has 0 amide bonds. The van der Waals surface area contributed by atoms with Crippen LogP contribution in [0, 0.1) is 6.92 Å². The van der Waals surface area contributed by atoms with E-state index in [1.807, 2.05) is 44.3 Å². The van der Waals surface area contributed by atoms with Crippen LogP contribution in [0.25, 0.3) is 21.3 Å². The van der Waals surface area contributed by atoms with E-state index < -0.39 is 0 Å². The quantitative estimate of drug-likeness (QED) is 0.500. The summed E-state index contributed by atoms with van der Waals surface area (Å²) < 4.78 is 8.44. The summed E-state index contributed by atoms with van der Waals surface area (Å²) in [6, 6.07) is 9.80. The van der Waals surface area contributed by atoms with Crippen molar-refractivity contribution in [3.63, 3.8) is 0 Å². The minimum atomic E-state index is -0.348. The second-order valence-electron chi connectivity index (χ2n) is 6.93. The molecule has 0 spiro atoms. The van der Waals surface area contributed by atoms with Crippen LogP contribution in [0.2, 0.25) is 0 Å². The summed E-state index contributed by atoms with van der Waals surface area (Å²) in [6.07, 6.45) is 2.24. The molecule has 1 aliphatic rings. The van der Waals surface area contributed by atoms with E-state index in [2.05, 4.69) is 10.1 Å². The van der Waals surface area contributed by atoms with Gasteiger partial charge in [0.05, 0.1) is 26.9 Å². The number of carbonyl (C=O) groups excluding carboxylic acids is 1. The van der Waals surface area contributed by atoms with Gasteiger partial charge in [0.15, 0.2) is 5.65 Å². The third-order valence-electron chi connectivity index (χ3n) is 4.87. The van der Waals surface area contributed by atoms with Gasteiger partial charge in [-0.3, -0.25) is 4.68 Å². The topological polar surface area (TPSA) is 69.9 Å². The Kier molecular flexibility index (Phi) is 3.72. The first-order valence-electron chi connectivity index (χ1n) is 8.96. The largest absolute Gasteiger partial charge is 0.455 e. The number of ether oxygens (including phenoxy) is 1. The summed E-state index contributed by atoms with van der Waals surface area (Å²) in [5.41, 5.74) is 3.96. The number of rotatable bonds is 4. The highest BCUT2D eigenvalue weighted by atomic mass is 32.1. The second kappa shape index (κ2) is 6.13. The van der Waals surface area contributed by atoms with Gasteiger partial charge >= 0.3 is 5.97 Å². The SMILES string of the molecule is Cc1nn(C)c2nc(C3CC3)cc(C(=O)OCc3nc4ccccc4s3)c12. The molecule has 0 N–H and O–H groups in total. The Morgan fingerprint density at radius 2 is 2.11 bits per heavy atom. The highest BCUT2D eigenvalue weighted by Gasteiger charge is 2.29. The Balaban J connectivity index is 1.47. The molecule has 0 radical (unpaired) electrons. The molecule has 3 aromatic heterocycles. The number of nitrogens with zero attached hydrogens (tertiary/aromatic N) is 4. The van der Waals surface area contributed by atoms with E-state index in [1.165, 1.54) is 0 Å². The second-order valence-corrected chi connectivity index (χ2v) is 8.04. The fourth-order valence-electron chi connectivity index (χ4n) is 3.40. The lowest BCUT2D eigenvalue weighted by molar-refractivity contribution is 0.0474. The Morgan fingerprint density at radius 3 is 2.89 bits per heavy atom. The number of benzene rings is 1. The first kappa shape index (κ1) is 16.4. The van der Waals surface area contributed by atoms with Crippen molar-refractivity contribution in [2.75, 3.05) is 0 Å². The van der Waals surface area contributed by atoms with E-state index in [4.69, 9.17) is 9.72 Å². The molecule has 0 unspecified atom stereocenters. The molecule has 136 valence electrons. The van der Waals surface area contributed by atoms with Gasteiger partial charge in [-0.25, -0.2) is 14.8 Å². The summed E-state index contributed by atoms with van der Waals surface area (Å²) in [5.74, 6) is 0.0973. The first-order valence-corrected chi connectivity index (χ1v) is 9.77. The minimum absolute atomic E-state index is 0.167. The van der Waals surface area contributed by atoms with Crippen LogP contribution in [0.1, 0.15) is 45.5 Å². The number of aryl methyl sites for hydroxylation is 2. The van der Waals surface area contributed by atoms with Crippen molar-refractivity contribution in [3.8, 4) is 0 Å². The zero-order chi connectivity index (χ0) is 18.5. The van der Waals surface area contributed by atoms with Crippen LogP contribution in [-0.2, 0) is 18.4 Å². The highest BCUT2D eigenvalue weighted by molar-refractivity contribution is 7.18. The zero-order valence-electron chi connectivity index (χ0n) is 15.1. The molecule has 1 aliphatic carbocycles. The molecule has 0 bridgehead atoms. The monoisotopic (exact) mass is 378 g/mol. The van der Waals surface area contributed by atoms with Crippen molar-refractivity contribution in [1.29, 1.82) is 0 Å². The molecule has 5 rings (SSSR count). The summed E-state index contributed by atoms with van der Waals surface area (Å²) in [4.78, 5) is 22.2. The smallest absolute Gasteiger partial charge is 0.339 e. The number of hydrogen-bond donors (Lipinski definition) is 0. The van der Waals surface area contributed by atoms with Gasteiger partial charge in [-0.1, -0.05) is 12.1 Å². The maximum Gasteiger partial charge on any atom is 0.339 e. The molecule has 1 aromatic carbocycles. The standard InChI is InChI=1S/C20H18N4O2S/c1-11-18-13(9-15(12-7-8-12)22-19(18)24(2)23-11)20(25)26-10-17-21-14-5-3-4-6-16(14)27-17/h3-6,9,12H,7-8,10H2,1-2H3. The van der Waals surface area contributed by atoms with Gasteiger partial charge in [0.1, 0.15) is 11.6 Å². The number of aromatic nitrogens is 4. The van der Waals surface area contributed by atoms with Gasteiger partial charge in [0, 0.05) is 18.7 Å². The molecule has 0 saturated heterocycles. The van der Waals surface area contributed by atoms with Gasteiger partial charge in [-0.2, -0.15) is 5.10 Å². The Hall–Kier alpha value is -2.80. The zero-order valence-corrected chi connectivity index (χ0v) is 15.9. The van der Waals surface area contributed by atoms with E-state index >= 15 is 0 Å². The van der Waals surface area contributed by atoms with E-state index in [1.54, 1.807) is 16.0 Å². The number of para-hydroxylation sites is 1. The van der Waals surface area contributed by atoms with Gasteiger partial charge in [-0.05, 0) is 38.0 Å². The van der Waals surface area contributed by atoms with Crippen LogP contribution in [-0.4, -0.2) is 25.7 Å².